The SMILES string of the molecule is Cc1cccc(NC(=O)COc2cccc(-c3noc(-c4ccc([N+](=O)[O-])cc4)n3)c2)c1. The predicted octanol–water partition coefficient (Wildman–Crippen LogP) is 4.64. The van der Waals surface area contributed by atoms with Crippen LogP contribution in [0.4, 0.5) is 11.4 Å². The second kappa shape index (κ2) is 9.09. The van der Waals surface area contributed by atoms with E-state index < -0.39 is 4.92 Å². The van der Waals surface area contributed by atoms with E-state index in [-0.39, 0.29) is 24.1 Å². The Bertz CT molecular complexity index is 1270. The minimum atomic E-state index is -0.477. The number of benzene rings is 3. The topological polar surface area (TPSA) is 120 Å². The molecule has 0 saturated carbocycles. The molecule has 0 aliphatic rings. The van der Waals surface area contributed by atoms with Gasteiger partial charge in [0.1, 0.15) is 5.75 Å². The number of hydrogen-bond donors (Lipinski definition) is 1. The van der Waals surface area contributed by atoms with Gasteiger partial charge in [-0.2, -0.15) is 4.98 Å². The number of carbonyl (C=O) groups excluding carboxylic acids is 1. The van der Waals surface area contributed by atoms with Crippen molar-refractivity contribution in [1.29, 1.82) is 0 Å². The van der Waals surface area contributed by atoms with E-state index in [4.69, 9.17) is 9.26 Å². The molecule has 4 rings (SSSR count). The van der Waals surface area contributed by atoms with Crippen molar-refractivity contribution in [2.24, 2.45) is 0 Å². The Labute approximate surface area is 182 Å². The van der Waals surface area contributed by atoms with Gasteiger partial charge in [-0.25, -0.2) is 0 Å². The smallest absolute Gasteiger partial charge is 0.269 e. The summed E-state index contributed by atoms with van der Waals surface area (Å²) in [6.07, 6.45) is 0. The van der Waals surface area contributed by atoms with Crippen LogP contribution in [-0.2, 0) is 4.79 Å². The van der Waals surface area contributed by atoms with E-state index in [0.29, 0.717) is 28.4 Å². The van der Waals surface area contributed by atoms with Crippen molar-refractivity contribution in [3.05, 3.63) is 88.5 Å². The molecular formula is C23H18N4O5. The highest BCUT2D eigenvalue weighted by Crippen LogP contribution is 2.26. The minimum Gasteiger partial charge on any atom is -0.484 e. The molecule has 0 radical (unpaired) electrons. The fourth-order valence-electron chi connectivity index (χ4n) is 2.98. The van der Waals surface area contributed by atoms with E-state index in [9.17, 15) is 14.9 Å². The highest BCUT2D eigenvalue weighted by Gasteiger charge is 2.13. The fraction of sp³-hybridized carbons (Fsp3) is 0.0870. The number of nitrogens with one attached hydrogen (secondary N) is 1. The number of nitro groups is 1. The van der Waals surface area contributed by atoms with Crippen molar-refractivity contribution in [1.82, 2.24) is 10.1 Å². The van der Waals surface area contributed by atoms with Crippen LogP contribution in [0.25, 0.3) is 22.8 Å². The molecule has 32 heavy (non-hydrogen) atoms. The lowest BCUT2D eigenvalue weighted by Gasteiger charge is -2.08. The van der Waals surface area contributed by atoms with E-state index in [1.807, 2.05) is 31.2 Å². The number of ether oxygens (including phenoxy) is 1. The summed E-state index contributed by atoms with van der Waals surface area (Å²) in [4.78, 5) is 26.8. The number of amides is 1. The second-order valence-electron chi connectivity index (χ2n) is 6.96. The number of aromatic nitrogens is 2. The maximum absolute atomic E-state index is 12.2. The maximum Gasteiger partial charge on any atom is 0.269 e. The fourth-order valence-corrected chi connectivity index (χ4v) is 2.98. The van der Waals surface area contributed by atoms with E-state index in [1.54, 1.807) is 36.4 Å². The number of non-ortho nitro benzene ring substituents is 1. The number of nitrogens with zero attached hydrogens (tertiary/aromatic N) is 3. The third kappa shape index (κ3) is 4.96. The number of anilines is 1. The van der Waals surface area contributed by atoms with Gasteiger partial charge in [0.25, 0.3) is 17.5 Å². The summed E-state index contributed by atoms with van der Waals surface area (Å²) in [5.74, 6) is 0.761. The number of rotatable bonds is 7. The predicted molar refractivity (Wildman–Crippen MR) is 117 cm³/mol. The standard InChI is InChI=1S/C23H18N4O5/c1-15-4-2-6-18(12-15)24-21(28)14-31-20-7-3-5-17(13-20)22-25-23(32-26-22)16-8-10-19(11-9-16)27(29)30/h2-13H,14H2,1H3,(H,24,28). The molecule has 4 aromatic rings. The summed E-state index contributed by atoms with van der Waals surface area (Å²) in [6.45, 7) is 1.79. The quantitative estimate of drug-likeness (QED) is 0.335. The lowest BCUT2D eigenvalue weighted by Crippen LogP contribution is -2.20. The number of aryl methyl sites for hydroxylation is 1. The Morgan fingerprint density at radius 2 is 1.84 bits per heavy atom. The average molecular weight is 430 g/mol. The molecule has 0 aliphatic heterocycles. The van der Waals surface area contributed by atoms with Crippen LogP contribution in [0.3, 0.4) is 0 Å². The molecule has 160 valence electrons. The maximum atomic E-state index is 12.2. The minimum absolute atomic E-state index is 0.0234. The van der Waals surface area contributed by atoms with Crippen LogP contribution < -0.4 is 10.1 Å². The van der Waals surface area contributed by atoms with E-state index in [1.165, 1.54) is 12.1 Å². The highest BCUT2D eigenvalue weighted by atomic mass is 16.6. The van der Waals surface area contributed by atoms with Gasteiger partial charge in [0.05, 0.1) is 4.92 Å². The molecule has 0 fully saturated rings. The first-order chi connectivity index (χ1) is 15.5. The van der Waals surface area contributed by atoms with Crippen LogP contribution in [0.1, 0.15) is 5.56 Å². The molecule has 9 heteroatoms. The molecule has 0 atom stereocenters. The Hall–Kier alpha value is -4.53. The molecule has 1 aromatic heterocycles. The van der Waals surface area contributed by atoms with Gasteiger partial charge in [0, 0.05) is 28.9 Å². The van der Waals surface area contributed by atoms with E-state index in [2.05, 4.69) is 15.5 Å². The zero-order chi connectivity index (χ0) is 22.5. The molecule has 1 N–H and O–H groups in total. The van der Waals surface area contributed by atoms with Gasteiger partial charge in [-0.05, 0) is 48.9 Å². The van der Waals surface area contributed by atoms with Crippen LogP contribution in [-0.4, -0.2) is 27.6 Å². The van der Waals surface area contributed by atoms with Crippen LogP contribution in [0.2, 0.25) is 0 Å². The first-order valence-corrected chi connectivity index (χ1v) is 9.66. The summed E-state index contributed by atoms with van der Waals surface area (Å²) in [7, 11) is 0. The van der Waals surface area contributed by atoms with Crippen molar-refractivity contribution in [2.75, 3.05) is 11.9 Å². The van der Waals surface area contributed by atoms with Gasteiger partial charge in [-0.3, -0.25) is 14.9 Å². The third-order valence-electron chi connectivity index (χ3n) is 4.52. The highest BCUT2D eigenvalue weighted by molar-refractivity contribution is 5.91. The van der Waals surface area contributed by atoms with Crippen molar-refractivity contribution in [2.45, 2.75) is 6.92 Å². The lowest BCUT2D eigenvalue weighted by atomic mass is 10.2. The summed E-state index contributed by atoms with van der Waals surface area (Å²) in [6, 6.07) is 20.3. The van der Waals surface area contributed by atoms with Gasteiger partial charge >= 0.3 is 0 Å². The van der Waals surface area contributed by atoms with Crippen molar-refractivity contribution < 1.29 is 19.0 Å². The Morgan fingerprint density at radius 3 is 2.59 bits per heavy atom. The van der Waals surface area contributed by atoms with E-state index in [0.717, 1.165) is 5.56 Å². The number of carbonyl (C=O) groups is 1. The monoisotopic (exact) mass is 430 g/mol. The molecule has 0 spiro atoms. The van der Waals surface area contributed by atoms with Gasteiger partial charge in [0.2, 0.25) is 5.82 Å². The summed E-state index contributed by atoms with van der Waals surface area (Å²) < 4.78 is 10.9. The molecular weight excluding hydrogens is 412 g/mol. The molecule has 1 heterocycles. The Kier molecular flexibility index (Phi) is 5.89. The van der Waals surface area contributed by atoms with Gasteiger partial charge < -0.3 is 14.6 Å². The Morgan fingerprint density at radius 1 is 1.06 bits per heavy atom. The number of nitro benzene ring substituents is 1. The van der Waals surface area contributed by atoms with Crippen LogP contribution in [0.5, 0.6) is 5.75 Å². The number of hydrogen-bond acceptors (Lipinski definition) is 7. The first-order valence-electron chi connectivity index (χ1n) is 9.66. The molecule has 3 aromatic carbocycles. The van der Waals surface area contributed by atoms with Crippen molar-refractivity contribution in [3.8, 4) is 28.6 Å². The summed E-state index contributed by atoms with van der Waals surface area (Å²) >= 11 is 0. The van der Waals surface area contributed by atoms with Crippen LogP contribution in [0.15, 0.2) is 77.3 Å². The van der Waals surface area contributed by atoms with E-state index >= 15 is 0 Å². The zero-order valence-corrected chi connectivity index (χ0v) is 17.0. The van der Waals surface area contributed by atoms with Crippen molar-refractivity contribution >= 4 is 17.3 Å². The molecule has 9 nitrogen and oxygen atoms in total. The van der Waals surface area contributed by atoms with Crippen LogP contribution in [0, 0.1) is 17.0 Å². The molecule has 0 aliphatic carbocycles. The average Bonchev–Trinajstić information content (AvgIpc) is 3.28. The Balaban J connectivity index is 1.42. The second-order valence-corrected chi connectivity index (χ2v) is 6.96. The summed E-state index contributed by atoms with van der Waals surface area (Å²) in [5, 5.41) is 17.5. The lowest BCUT2D eigenvalue weighted by molar-refractivity contribution is -0.384. The van der Waals surface area contributed by atoms with Gasteiger partial charge in [-0.15, -0.1) is 0 Å². The molecule has 0 bridgehead atoms. The van der Waals surface area contributed by atoms with Crippen LogP contribution >= 0.6 is 0 Å². The molecule has 0 unspecified atom stereocenters. The van der Waals surface area contributed by atoms with Crippen molar-refractivity contribution in [3.63, 3.8) is 0 Å². The largest absolute Gasteiger partial charge is 0.484 e. The molecule has 0 saturated heterocycles. The summed E-state index contributed by atoms with van der Waals surface area (Å²) in [5.41, 5.74) is 2.93. The van der Waals surface area contributed by atoms with Gasteiger partial charge in [0.15, 0.2) is 6.61 Å². The molecule has 1 amide bonds. The zero-order valence-electron chi connectivity index (χ0n) is 17.0. The first kappa shape index (κ1) is 20.7. The normalized spacial score (nSPS) is 10.5. The van der Waals surface area contributed by atoms with Gasteiger partial charge in [-0.1, -0.05) is 29.4 Å². The third-order valence-corrected chi connectivity index (χ3v) is 4.52.